The van der Waals surface area contributed by atoms with Crippen molar-refractivity contribution < 1.29 is 28.6 Å². The van der Waals surface area contributed by atoms with Crippen molar-refractivity contribution in [3.05, 3.63) is 109 Å². The number of carbonyl (C=O) groups excluding carboxylic acids is 3. The maximum absolute atomic E-state index is 12.9. The molecule has 0 amide bonds. The van der Waals surface area contributed by atoms with Crippen LogP contribution in [0.3, 0.4) is 0 Å². The van der Waals surface area contributed by atoms with Gasteiger partial charge < -0.3 is 14.2 Å². The molecule has 0 fully saturated rings. The first-order chi connectivity index (χ1) is 40.0. The summed E-state index contributed by atoms with van der Waals surface area (Å²) in [7, 11) is 0. The van der Waals surface area contributed by atoms with Crippen molar-refractivity contribution in [1.82, 2.24) is 0 Å². The second-order valence-corrected chi connectivity index (χ2v) is 22.7. The minimum absolute atomic E-state index is 0.0884. The summed E-state index contributed by atoms with van der Waals surface area (Å²) in [4.78, 5) is 38.4. The third-order valence-corrected chi connectivity index (χ3v) is 14.7. The van der Waals surface area contributed by atoms with Gasteiger partial charge in [0, 0.05) is 19.3 Å². The van der Waals surface area contributed by atoms with Gasteiger partial charge in [0.2, 0.25) is 0 Å². The molecule has 6 nitrogen and oxygen atoms in total. The molecule has 0 heterocycles. The minimum atomic E-state index is -0.795. The molecule has 1 unspecified atom stereocenters. The molecule has 1 atom stereocenters. The summed E-state index contributed by atoms with van der Waals surface area (Å²) >= 11 is 0. The highest BCUT2D eigenvalue weighted by molar-refractivity contribution is 5.71. The highest BCUT2D eigenvalue weighted by atomic mass is 16.6. The van der Waals surface area contributed by atoms with E-state index in [-0.39, 0.29) is 31.1 Å². The van der Waals surface area contributed by atoms with Crippen LogP contribution in [0.4, 0.5) is 0 Å². The van der Waals surface area contributed by atoms with Crippen molar-refractivity contribution in [2.24, 2.45) is 0 Å². The van der Waals surface area contributed by atoms with Gasteiger partial charge in [-0.25, -0.2) is 0 Å². The van der Waals surface area contributed by atoms with E-state index in [0.29, 0.717) is 19.3 Å². The first kappa shape index (κ1) is 77.1. The Hall–Kier alpha value is -3.93. The zero-order valence-electron chi connectivity index (χ0n) is 53.3. The number of hydrogen-bond acceptors (Lipinski definition) is 6. The van der Waals surface area contributed by atoms with Crippen LogP contribution in [0.5, 0.6) is 0 Å². The molecule has 0 spiro atoms. The summed E-state index contributed by atoms with van der Waals surface area (Å²) in [6, 6.07) is 0. The highest BCUT2D eigenvalue weighted by Crippen LogP contribution is 2.17. The fourth-order valence-electron chi connectivity index (χ4n) is 9.66. The number of ether oxygens (including phenoxy) is 3. The number of unbranched alkanes of at least 4 members (excludes halogenated alkanes) is 33. The molecule has 0 rings (SSSR count). The van der Waals surface area contributed by atoms with E-state index in [2.05, 4.69) is 130 Å². The van der Waals surface area contributed by atoms with Crippen LogP contribution in [0, 0.1) is 0 Å². The molecule has 0 radical (unpaired) electrons. The van der Waals surface area contributed by atoms with E-state index in [0.717, 1.165) is 116 Å². The van der Waals surface area contributed by atoms with Crippen molar-refractivity contribution >= 4 is 17.9 Å². The molecule has 464 valence electrons. The van der Waals surface area contributed by atoms with Crippen LogP contribution < -0.4 is 0 Å². The molecule has 0 aliphatic rings. The Bertz CT molecular complexity index is 1620. The summed E-state index contributed by atoms with van der Waals surface area (Å²) in [5, 5.41) is 0. The van der Waals surface area contributed by atoms with Crippen LogP contribution in [0.2, 0.25) is 0 Å². The first-order valence-electron chi connectivity index (χ1n) is 34.4. The molecule has 81 heavy (non-hydrogen) atoms. The lowest BCUT2D eigenvalue weighted by atomic mass is 10.0. The number of rotatable bonds is 62. The molecule has 0 aromatic carbocycles. The fraction of sp³-hybridized carbons (Fsp3) is 0.720. The molecule has 0 aromatic heterocycles. The lowest BCUT2D eigenvalue weighted by Crippen LogP contribution is -2.30. The van der Waals surface area contributed by atoms with Gasteiger partial charge in [-0.1, -0.05) is 297 Å². The van der Waals surface area contributed by atoms with Crippen molar-refractivity contribution in [3.63, 3.8) is 0 Å². The van der Waals surface area contributed by atoms with Crippen molar-refractivity contribution in [2.45, 2.75) is 335 Å². The van der Waals surface area contributed by atoms with Crippen LogP contribution in [-0.4, -0.2) is 37.2 Å². The molecule has 0 aliphatic carbocycles. The molecular formula is C75H128O6. The van der Waals surface area contributed by atoms with E-state index in [1.54, 1.807) is 0 Å². The standard InChI is InChI=1S/C75H128O6/c1-4-7-10-13-16-19-22-25-27-29-31-33-35-36-37-38-40-41-43-45-47-50-53-56-59-62-65-68-74(77)80-71-72(70-79-73(76)67-64-61-58-55-52-49-24-21-18-15-12-9-6-3)81-75(78)69-66-63-60-57-54-51-48-46-44-42-39-34-32-30-28-26-23-20-17-14-11-8-5-2/h8-9,11-12,17-18,20-22,25-26,28-29,31-32,34,49,52,72H,4-7,10,13-16,19,23-24,27,30,33,35-48,50-51,53-71H2,1-3H3/b11-8-,12-9-,20-17-,21-18-,25-22-,28-26-,31-29-,34-32-,52-49-. The number of allylic oxidation sites excluding steroid dienone is 18. The molecule has 0 saturated carbocycles. The van der Waals surface area contributed by atoms with Crippen molar-refractivity contribution in [3.8, 4) is 0 Å². The van der Waals surface area contributed by atoms with Gasteiger partial charge >= 0.3 is 17.9 Å². The zero-order valence-corrected chi connectivity index (χ0v) is 53.3. The minimum Gasteiger partial charge on any atom is -0.462 e. The Morgan fingerprint density at radius 1 is 0.259 bits per heavy atom. The molecule has 0 bridgehead atoms. The SMILES string of the molecule is CC/C=C\C/C=C\C/C=C\C/C=C\CCCCCCCCCCCCC(=O)OC(COC(=O)CCCCC/C=C\C/C=C\C/C=C\CC)COC(=O)CCCCCCCCCCCCCCCCC/C=C\C/C=C\CCCCCCC. The predicted octanol–water partition coefficient (Wildman–Crippen LogP) is 23.8. The molecular weight excluding hydrogens is 997 g/mol. The zero-order chi connectivity index (χ0) is 58.5. The van der Waals surface area contributed by atoms with E-state index in [1.165, 1.54) is 173 Å². The Morgan fingerprint density at radius 3 is 0.765 bits per heavy atom. The Labute approximate surface area is 501 Å². The Balaban J connectivity index is 4.29. The van der Waals surface area contributed by atoms with Gasteiger partial charge in [0.15, 0.2) is 6.10 Å². The van der Waals surface area contributed by atoms with Gasteiger partial charge in [-0.3, -0.25) is 14.4 Å². The van der Waals surface area contributed by atoms with Gasteiger partial charge in [0.05, 0.1) is 0 Å². The summed E-state index contributed by atoms with van der Waals surface area (Å²) in [5.41, 5.74) is 0. The second-order valence-electron chi connectivity index (χ2n) is 22.7. The molecule has 0 aliphatic heterocycles. The fourth-order valence-corrected chi connectivity index (χ4v) is 9.66. The first-order valence-corrected chi connectivity index (χ1v) is 34.4. The van der Waals surface area contributed by atoms with Gasteiger partial charge in [0.25, 0.3) is 0 Å². The highest BCUT2D eigenvalue weighted by Gasteiger charge is 2.19. The lowest BCUT2D eigenvalue weighted by molar-refractivity contribution is -0.167. The quantitative estimate of drug-likeness (QED) is 0.0261. The van der Waals surface area contributed by atoms with Crippen LogP contribution in [-0.2, 0) is 28.6 Å². The molecule has 0 N–H and O–H groups in total. The lowest BCUT2D eigenvalue weighted by Gasteiger charge is -2.18. The van der Waals surface area contributed by atoms with Crippen LogP contribution in [0.25, 0.3) is 0 Å². The van der Waals surface area contributed by atoms with Crippen LogP contribution in [0.15, 0.2) is 109 Å². The van der Waals surface area contributed by atoms with Crippen molar-refractivity contribution in [2.75, 3.05) is 13.2 Å². The average Bonchev–Trinajstić information content (AvgIpc) is 3.46. The normalized spacial score (nSPS) is 12.8. The van der Waals surface area contributed by atoms with E-state index in [4.69, 9.17) is 14.2 Å². The summed E-state index contributed by atoms with van der Waals surface area (Å²) in [5.74, 6) is -0.913. The van der Waals surface area contributed by atoms with E-state index < -0.39 is 6.10 Å². The van der Waals surface area contributed by atoms with E-state index in [1.807, 2.05) is 0 Å². The molecule has 0 aromatic rings. The summed E-state index contributed by atoms with van der Waals surface area (Å²) < 4.78 is 16.9. The summed E-state index contributed by atoms with van der Waals surface area (Å²) in [6.45, 7) is 6.41. The molecule has 0 saturated heterocycles. The van der Waals surface area contributed by atoms with Gasteiger partial charge in [-0.05, 0) is 122 Å². The van der Waals surface area contributed by atoms with Gasteiger partial charge in [-0.2, -0.15) is 0 Å². The smallest absolute Gasteiger partial charge is 0.306 e. The maximum atomic E-state index is 12.9. The summed E-state index contributed by atoms with van der Waals surface area (Å²) in [6.07, 6.45) is 94.0. The monoisotopic (exact) mass is 1120 g/mol. The van der Waals surface area contributed by atoms with Crippen LogP contribution in [0.1, 0.15) is 329 Å². The van der Waals surface area contributed by atoms with Crippen molar-refractivity contribution in [1.29, 1.82) is 0 Å². The average molecular weight is 1130 g/mol. The third kappa shape index (κ3) is 66.8. The van der Waals surface area contributed by atoms with E-state index >= 15 is 0 Å². The maximum Gasteiger partial charge on any atom is 0.306 e. The Morgan fingerprint density at radius 2 is 0.481 bits per heavy atom. The van der Waals surface area contributed by atoms with Gasteiger partial charge in [0.1, 0.15) is 13.2 Å². The topological polar surface area (TPSA) is 78.9 Å². The predicted molar refractivity (Wildman–Crippen MR) is 353 cm³/mol. The largest absolute Gasteiger partial charge is 0.462 e. The number of carbonyl (C=O) groups is 3. The van der Waals surface area contributed by atoms with Gasteiger partial charge in [-0.15, -0.1) is 0 Å². The second kappa shape index (κ2) is 68.6. The Kier molecular flexibility index (Phi) is 65.2. The number of esters is 3. The number of hydrogen-bond donors (Lipinski definition) is 0. The third-order valence-electron chi connectivity index (χ3n) is 14.7. The molecule has 6 heteroatoms. The van der Waals surface area contributed by atoms with E-state index in [9.17, 15) is 14.4 Å². The van der Waals surface area contributed by atoms with Crippen LogP contribution >= 0.6 is 0 Å².